The molecule has 0 bridgehead atoms. The van der Waals surface area contributed by atoms with Crippen LogP contribution < -0.4 is 5.56 Å². The van der Waals surface area contributed by atoms with Gasteiger partial charge in [-0.25, -0.2) is 9.55 Å². The average molecular weight is 297 g/mol. The van der Waals surface area contributed by atoms with Crippen molar-refractivity contribution in [1.82, 2.24) is 9.55 Å². The summed E-state index contributed by atoms with van der Waals surface area (Å²) in [6, 6.07) is 16.5. The van der Waals surface area contributed by atoms with Crippen LogP contribution in [0.25, 0.3) is 27.8 Å². The van der Waals surface area contributed by atoms with Crippen LogP contribution in [0.4, 0.5) is 0 Å². The number of halogens is 1. The maximum absolute atomic E-state index is 12.7. The van der Waals surface area contributed by atoms with Crippen molar-refractivity contribution in [3.8, 4) is 5.69 Å². The molecule has 0 aliphatic carbocycles. The lowest BCUT2D eigenvalue weighted by molar-refractivity contribution is 0.657. The summed E-state index contributed by atoms with van der Waals surface area (Å²) < 4.78 is 6.99. The van der Waals surface area contributed by atoms with E-state index in [9.17, 15) is 4.79 Å². The molecule has 0 saturated heterocycles. The van der Waals surface area contributed by atoms with Crippen LogP contribution in [0.2, 0.25) is 5.28 Å². The summed E-state index contributed by atoms with van der Waals surface area (Å²) >= 11 is 6.21. The largest absolute Gasteiger partial charge is 0.448 e. The van der Waals surface area contributed by atoms with Crippen LogP contribution in [0, 0.1) is 0 Å². The molecule has 0 N–H and O–H groups in total. The number of nitrogens with zero attached hydrogens (tertiary/aromatic N) is 2. The van der Waals surface area contributed by atoms with Crippen molar-refractivity contribution in [2.24, 2.45) is 0 Å². The molecular weight excluding hydrogens is 288 g/mol. The van der Waals surface area contributed by atoms with E-state index in [-0.39, 0.29) is 16.4 Å². The van der Waals surface area contributed by atoms with Crippen molar-refractivity contribution >= 4 is 33.7 Å². The van der Waals surface area contributed by atoms with Gasteiger partial charge in [0.15, 0.2) is 0 Å². The normalized spacial score (nSPS) is 11.3. The Morgan fingerprint density at radius 1 is 1.00 bits per heavy atom. The first kappa shape index (κ1) is 12.2. The van der Waals surface area contributed by atoms with Gasteiger partial charge in [-0.15, -0.1) is 0 Å². The number of rotatable bonds is 1. The molecule has 0 atom stereocenters. The Kier molecular flexibility index (Phi) is 2.59. The maximum Gasteiger partial charge on any atom is 0.302 e. The molecule has 2 aromatic heterocycles. The molecule has 0 radical (unpaired) electrons. The van der Waals surface area contributed by atoms with E-state index >= 15 is 0 Å². The Bertz CT molecular complexity index is 1020. The van der Waals surface area contributed by atoms with Crippen LogP contribution >= 0.6 is 11.6 Å². The third-order valence-corrected chi connectivity index (χ3v) is 3.62. The molecule has 0 aliphatic heterocycles. The highest BCUT2D eigenvalue weighted by Gasteiger charge is 2.17. The highest BCUT2D eigenvalue weighted by atomic mass is 35.5. The number of fused-ring (bicyclic) bond motifs is 3. The second kappa shape index (κ2) is 4.46. The minimum atomic E-state index is -0.313. The molecule has 102 valence electrons. The fourth-order valence-electron chi connectivity index (χ4n) is 2.42. The Hall–Kier alpha value is -2.59. The number of para-hydroxylation sites is 2. The molecule has 5 heteroatoms. The maximum atomic E-state index is 12.7. The lowest BCUT2D eigenvalue weighted by atomic mass is 10.2. The van der Waals surface area contributed by atoms with Crippen molar-refractivity contribution < 1.29 is 4.42 Å². The third-order valence-electron chi connectivity index (χ3n) is 3.37. The summed E-state index contributed by atoms with van der Waals surface area (Å²) in [6.45, 7) is 0. The number of hydrogen-bond acceptors (Lipinski definition) is 3. The minimum absolute atomic E-state index is 0.116. The Morgan fingerprint density at radius 3 is 2.52 bits per heavy atom. The van der Waals surface area contributed by atoms with Crippen molar-refractivity contribution in [3.63, 3.8) is 0 Å². The highest BCUT2D eigenvalue weighted by Crippen LogP contribution is 2.26. The van der Waals surface area contributed by atoms with Gasteiger partial charge < -0.3 is 4.42 Å². The van der Waals surface area contributed by atoms with Gasteiger partial charge in [0.2, 0.25) is 10.9 Å². The van der Waals surface area contributed by atoms with Crippen molar-refractivity contribution in [1.29, 1.82) is 0 Å². The van der Waals surface area contributed by atoms with E-state index in [1.807, 2.05) is 36.4 Å². The molecule has 0 unspecified atom stereocenters. The fraction of sp³-hybridized carbons (Fsp3) is 0. The van der Waals surface area contributed by atoms with E-state index in [1.165, 1.54) is 4.57 Å². The molecule has 4 nitrogen and oxygen atoms in total. The number of benzene rings is 2. The smallest absolute Gasteiger partial charge is 0.302 e. The Labute approximate surface area is 124 Å². The first-order chi connectivity index (χ1) is 10.3. The van der Waals surface area contributed by atoms with Gasteiger partial charge in [0, 0.05) is 5.39 Å². The standard InChI is InChI=1S/C16H9ClN2O2/c17-16-18-13-11-8-4-5-9-12(11)21-14(13)15(20)19(16)10-6-2-1-3-7-10/h1-9H. The van der Waals surface area contributed by atoms with Crippen LogP contribution in [-0.4, -0.2) is 9.55 Å². The zero-order valence-electron chi connectivity index (χ0n) is 10.8. The second-order valence-corrected chi connectivity index (χ2v) is 4.97. The second-order valence-electron chi connectivity index (χ2n) is 4.63. The molecule has 0 amide bonds. The first-order valence-corrected chi connectivity index (χ1v) is 6.79. The average Bonchev–Trinajstić information content (AvgIpc) is 2.88. The summed E-state index contributed by atoms with van der Waals surface area (Å²) in [4.78, 5) is 17.0. The van der Waals surface area contributed by atoms with Gasteiger partial charge in [-0.05, 0) is 35.9 Å². The zero-order valence-corrected chi connectivity index (χ0v) is 11.5. The molecular formula is C16H9ClN2O2. The third kappa shape index (κ3) is 1.76. The van der Waals surface area contributed by atoms with Gasteiger partial charge in [-0.3, -0.25) is 4.79 Å². The number of furan rings is 1. The molecule has 2 aromatic carbocycles. The lowest BCUT2D eigenvalue weighted by Gasteiger charge is -2.06. The zero-order chi connectivity index (χ0) is 14.4. The van der Waals surface area contributed by atoms with E-state index in [2.05, 4.69) is 4.98 Å². The summed E-state index contributed by atoms with van der Waals surface area (Å²) in [6.07, 6.45) is 0. The quantitative estimate of drug-likeness (QED) is 0.502. The lowest BCUT2D eigenvalue weighted by Crippen LogP contribution is -2.19. The van der Waals surface area contributed by atoms with E-state index in [4.69, 9.17) is 16.0 Å². The predicted octanol–water partition coefficient (Wildman–Crippen LogP) is 3.79. The van der Waals surface area contributed by atoms with E-state index < -0.39 is 0 Å². The molecule has 0 spiro atoms. The molecule has 2 heterocycles. The molecule has 4 aromatic rings. The minimum Gasteiger partial charge on any atom is -0.448 e. The molecule has 0 aliphatic rings. The van der Waals surface area contributed by atoms with Gasteiger partial charge in [-0.1, -0.05) is 30.3 Å². The molecule has 21 heavy (non-hydrogen) atoms. The molecule has 0 fully saturated rings. The fourth-order valence-corrected chi connectivity index (χ4v) is 2.68. The highest BCUT2D eigenvalue weighted by molar-refractivity contribution is 6.29. The van der Waals surface area contributed by atoms with Gasteiger partial charge in [0.05, 0.1) is 5.69 Å². The predicted molar refractivity (Wildman–Crippen MR) is 82.1 cm³/mol. The number of aromatic nitrogens is 2. The van der Waals surface area contributed by atoms with E-state index in [1.54, 1.807) is 18.2 Å². The van der Waals surface area contributed by atoms with E-state index in [0.717, 1.165) is 5.39 Å². The topological polar surface area (TPSA) is 48.0 Å². The molecule has 4 rings (SSSR count). The summed E-state index contributed by atoms with van der Waals surface area (Å²) in [5.74, 6) is 0. The van der Waals surface area contributed by atoms with Gasteiger partial charge in [-0.2, -0.15) is 0 Å². The Morgan fingerprint density at radius 2 is 1.71 bits per heavy atom. The van der Waals surface area contributed by atoms with Crippen LogP contribution in [0.15, 0.2) is 63.8 Å². The van der Waals surface area contributed by atoms with Crippen molar-refractivity contribution in [2.45, 2.75) is 0 Å². The summed E-state index contributed by atoms with van der Waals surface area (Å²) in [5.41, 5.74) is 1.67. The molecule has 0 saturated carbocycles. The first-order valence-electron chi connectivity index (χ1n) is 6.41. The van der Waals surface area contributed by atoms with E-state index in [0.29, 0.717) is 16.8 Å². The SMILES string of the molecule is O=c1c2oc3ccccc3c2nc(Cl)n1-c1ccccc1. The van der Waals surface area contributed by atoms with Gasteiger partial charge in [0.1, 0.15) is 11.1 Å². The van der Waals surface area contributed by atoms with Crippen LogP contribution in [-0.2, 0) is 0 Å². The summed E-state index contributed by atoms with van der Waals surface area (Å²) in [5, 5.41) is 0.900. The van der Waals surface area contributed by atoms with Gasteiger partial charge in [0.25, 0.3) is 0 Å². The van der Waals surface area contributed by atoms with Crippen molar-refractivity contribution in [2.75, 3.05) is 0 Å². The van der Waals surface area contributed by atoms with Crippen LogP contribution in [0.3, 0.4) is 0 Å². The summed E-state index contributed by atoms with van der Waals surface area (Å²) in [7, 11) is 0. The van der Waals surface area contributed by atoms with Gasteiger partial charge >= 0.3 is 5.56 Å². The number of hydrogen-bond donors (Lipinski definition) is 0. The van der Waals surface area contributed by atoms with Crippen LogP contribution in [0.1, 0.15) is 0 Å². The van der Waals surface area contributed by atoms with Crippen molar-refractivity contribution in [3.05, 3.63) is 70.2 Å². The monoisotopic (exact) mass is 296 g/mol. The van der Waals surface area contributed by atoms with Crippen LogP contribution in [0.5, 0.6) is 0 Å². The Balaban J connectivity index is 2.16.